The number of carbonyl (C=O) groups excluding carboxylic acids is 3. The molecular weight excluding hydrogens is 286 g/mol. The molecule has 0 aliphatic carbocycles. The van der Waals surface area contributed by atoms with E-state index in [9.17, 15) is 14.4 Å². The molecule has 2 N–H and O–H groups in total. The molecule has 1 saturated heterocycles. The molecule has 0 radical (unpaired) electrons. The van der Waals surface area contributed by atoms with E-state index in [1.54, 1.807) is 18.1 Å². The van der Waals surface area contributed by atoms with Gasteiger partial charge in [-0.2, -0.15) is 0 Å². The third-order valence-electron chi connectivity index (χ3n) is 3.75. The SMILES string of the molecule is CN(CCCc1nccn1C)C(=O)CC[C@@H]1NC(=O)NC1=O. The maximum Gasteiger partial charge on any atom is 0.322 e. The van der Waals surface area contributed by atoms with Crippen LogP contribution in [0.2, 0.25) is 0 Å². The summed E-state index contributed by atoms with van der Waals surface area (Å²) < 4.78 is 1.96. The number of amides is 4. The number of aromatic nitrogens is 2. The molecule has 22 heavy (non-hydrogen) atoms. The molecule has 0 saturated carbocycles. The summed E-state index contributed by atoms with van der Waals surface area (Å²) in [6.45, 7) is 0.634. The Morgan fingerprint density at radius 2 is 2.23 bits per heavy atom. The van der Waals surface area contributed by atoms with Crippen LogP contribution < -0.4 is 10.6 Å². The highest BCUT2D eigenvalue weighted by Crippen LogP contribution is 2.06. The van der Waals surface area contributed by atoms with Crippen molar-refractivity contribution >= 4 is 17.8 Å². The summed E-state index contributed by atoms with van der Waals surface area (Å²) in [6, 6.07) is -1.09. The summed E-state index contributed by atoms with van der Waals surface area (Å²) in [7, 11) is 3.69. The molecule has 1 fully saturated rings. The van der Waals surface area contributed by atoms with Gasteiger partial charge in [0.2, 0.25) is 5.91 Å². The van der Waals surface area contributed by atoms with Crippen LogP contribution >= 0.6 is 0 Å². The highest BCUT2D eigenvalue weighted by atomic mass is 16.2. The molecule has 0 spiro atoms. The standard InChI is InChI=1S/C14H21N5O3/c1-18-9-7-15-11(18)4-3-8-19(2)12(20)6-5-10-13(21)17-14(22)16-10/h7,9-10H,3-6,8H2,1-2H3,(H2,16,17,21,22)/t10-/m0/s1. The predicted molar refractivity (Wildman–Crippen MR) is 78.9 cm³/mol. The molecule has 120 valence electrons. The van der Waals surface area contributed by atoms with Gasteiger partial charge < -0.3 is 14.8 Å². The van der Waals surface area contributed by atoms with Gasteiger partial charge in [-0.05, 0) is 12.8 Å². The van der Waals surface area contributed by atoms with E-state index in [0.717, 1.165) is 18.7 Å². The average molecular weight is 307 g/mol. The first kappa shape index (κ1) is 16.0. The number of imide groups is 1. The average Bonchev–Trinajstić information content (AvgIpc) is 3.01. The Balaban J connectivity index is 1.67. The number of hydrogen-bond acceptors (Lipinski definition) is 4. The van der Waals surface area contributed by atoms with Crippen molar-refractivity contribution in [1.82, 2.24) is 25.1 Å². The van der Waals surface area contributed by atoms with E-state index in [1.807, 2.05) is 17.8 Å². The quantitative estimate of drug-likeness (QED) is 0.682. The van der Waals surface area contributed by atoms with Crippen LogP contribution in [-0.2, 0) is 23.1 Å². The maximum atomic E-state index is 12.0. The highest BCUT2D eigenvalue weighted by Gasteiger charge is 2.29. The number of urea groups is 1. The van der Waals surface area contributed by atoms with E-state index in [4.69, 9.17) is 0 Å². The number of carbonyl (C=O) groups is 3. The minimum Gasteiger partial charge on any atom is -0.346 e. The molecule has 8 heteroatoms. The Hall–Kier alpha value is -2.38. The molecule has 2 rings (SSSR count). The van der Waals surface area contributed by atoms with Gasteiger partial charge in [0.25, 0.3) is 5.91 Å². The van der Waals surface area contributed by atoms with Gasteiger partial charge in [0.15, 0.2) is 0 Å². The lowest BCUT2D eigenvalue weighted by atomic mass is 10.1. The maximum absolute atomic E-state index is 12.0. The minimum absolute atomic E-state index is 0.0335. The lowest BCUT2D eigenvalue weighted by Gasteiger charge is -2.17. The predicted octanol–water partition coefficient (Wildman–Crippen LogP) is -0.201. The van der Waals surface area contributed by atoms with Gasteiger partial charge >= 0.3 is 6.03 Å². The second-order valence-electron chi connectivity index (χ2n) is 5.43. The van der Waals surface area contributed by atoms with Crippen molar-refractivity contribution in [2.75, 3.05) is 13.6 Å². The monoisotopic (exact) mass is 307 g/mol. The van der Waals surface area contributed by atoms with Gasteiger partial charge in [-0.15, -0.1) is 0 Å². The Morgan fingerprint density at radius 1 is 1.45 bits per heavy atom. The molecule has 4 amide bonds. The summed E-state index contributed by atoms with van der Waals surface area (Å²) in [5.74, 6) is 0.593. The zero-order valence-electron chi connectivity index (χ0n) is 12.8. The first-order valence-electron chi connectivity index (χ1n) is 7.29. The van der Waals surface area contributed by atoms with E-state index in [1.165, 1.54) is 0 Å². The summed E-state index contributed by atoms with van der Waals surface area (Å²) in [5.41, 5.74) is 0. The molecule has 0 bridgehead atoms. The molecule has 8 nitrogen and oxygen atoms in total. The third-order valence-corrected chi connectivity index (χ3v) is 3.75. The second-order valence-corrected chi connectivity index (χ2v) is 5.43. The van der Waals surface area contributed by atoms with Gasteiger partial charge in [0.1, 0.15) is 11.9 Å². The smallest absolute Gasteiger partial charge is 0.322 e. The topological polar surface area (TPSA) is 96.3 Å². The number of nitrogens with zero attached hydrogens (tertiary/aromatic N) is 3. The Labute approximate surface area is 128 Å². The van der Waals surface area contributed by atoms with Crippen molar-refractivity contribution in [1.29, 1.82) is 0 Å². The fourth-order valence-corrected chi connectivity index (χ4v) is 2.36. The van der Waals surface area contributed by atoms with E-state index >= 15 is 0 Å². The van der Waals surface area contributed by atoms with Crippen LogP contribution in [0, 0.1) is 0 Å². The van der Waals surface area contributed by atoms with E-state index in [2.05, 4.69) is 15.6 Å². The number of nitrogens with one attached hydrogen (secondary N) is 2. The second kappa shape index (κ2) is 7.06. The highest BCUT2D eigenvalue weighted by molar-refractivity contribution is 6.04. The van der Waals surface area contributed by atoms with Gasteiger partial charge in [-0.25, -0.2) is 9.78 Å². The van der Waals surface area contributed by atoms with Crippen molar-refractivity contribution in [3.8, 4) is 0 Å². The van der Waals surface area contributed by atoms with Gasteiger partial charge in [-0.1, -0.05) is 0 Å². The molecule has 1 aliphatic heterocycles. The van der Waals surface area contributed by atoms with Crippen molar-refractivity contribution in [2.24, 2.45) is 7.05 Å². The number of aryl methyl sites for hydroxylation is 2. The molecule has 1 aromatic rings. The van der Waals surface area contributed by atoms with Crippen molar-refractivity contribution < 1.29 is 14.4 Å². The van der Waals surface area contributed by atoms with Crippen molar-refractivity contribution in [3.05, 3.63) is 18.2 Å². The first-order valence-corrected chi connectivity index (χ1v) is 7.29. The molecule has 2 heterocycles. The lowest BCUT2D eigenvalue weighted by Crippen LogP contribution is -2.33. The number of imidazole rings is 1. The summed E-state index contributed by atoms with van der Waals surface area (Å²) >= 11 is 0. The normalized spacial score (nSPS) is 17.3. The van der Waals surface area contributed by atoms with Crippen LogP contribution in [-0.4, -0.2) is 51.9 Å². The Kier molecular flexibility index (Phi) is 5.13. The van der Waals surface area contributed by atoms with E-state index in [-0.39, 0.29) is 18.2 Å². The molecule has 0 aromatic carbocycles. The van der Waals surface area contributed by atoms with Gasteiger partial charge in [-0.3, -0.25) is 14.9 Å². The van der Waals surface area contributed by atoms with E-state index in [0.29, 0.717) is 13.0 Å². The summed E-state index contributed by atoms with van der Waals surface area (Å²) in [5, 5.41) is 4.64. The third kappa shape index (κ3) is 4.06. The zero-order chi connectivity index (χ0) is 16.1. The molecule has 1 atom stereocenters. The van der Waals surface area contributed by atoms with Crippen LogP contribution in [0.4, 0.5) is 4.79 Å². The first-order chi connectivity index (χ1) is 10.5. The number of hydrogen-bond donors (Lipinski definition) is 2. The van der Waals surface area contributed by atoms with Gasteiger partial charge in [0.05, 0.1) is 0 Å². The van der Waals surface area contributed by atoms with Gasteiger partial charge in [0, 0.05) is 45.9 Å². The van der Waals surface area contributed by atoms with Crippen LogP contribution in [0.15, 0.2) is 12.4 Å². The minimum atomic E-state index is -0.600. The van der Waals surface area contributed by atoms with Crippen molar-refractivity contribution in [2.45, 2.75) is 31.7 Å². The molecule has 0 unspecified atom stereocenters. The van der Waals surface area contributed by atoms with Crippen LogP contribution in [0.5, 0.6) is 0 Å². The molecule has 1 aliphatic rings. The largest absolute Gasteiger partial charge is 0.346 e. The Morgan fingerprint density at radius 3 is 2.82 bits per heavy atom. The lowest BCUT2D eigenvalue weighted by molar-refractivity contribution is -0.130. The molecule has 1 aromatic heterocycles. The Bertz CT molecular complexity index is 569. The summed E-state index contributed by atoms with van der Waals surface area (Å²) in [4.78, 5) is 40.2. The number of rotatable bonds is 7. The van der Waals surface area contributed by atoms with Crippen LogP contribution in [0.1, 0.15) is 25.1 Å². The van der Waals surface area contributed by atoms with Crippen LogP contribution in [0.25, 0.3) is 0 Å². The summed E-state index contributed by atoms with van der Waals surface area (Å²) in [6.07, 6.45) is 5.84. The zero-order valence-corrected chi connectivity index (χ0v) is 12.8. The van der Waals surface area contributed by atoms with E-state index < -0.39 is 12.1 Å². The van der Waals surface area contributed by atoms with Crippen LogP contribution in [0.3, 0.4) is 0 Å². The fourth-order valence-electron chi connectivity index (χ4n) is 2.36. The molecular formula is C14H21N5O3. The van der Waals surface area contributed by atoms with Crippen molar-refractivity contribution in [3.63, 3.8) is 0 Å². The fraction of sp³-hybridized carbons (Fsp3) is 0.571.